The average Bonchev–Trinajstić information content (AvgIpc) is 2.29. The van der Waals surface area contributed by atoms with E-state index in [0.29, 0.717) is 5.82 Å². The standard InChI is InChI=1S/C8H16N4/c1-4-12-7(6-11(2)3)5-8(9)10-12/h5H,4,6H2,1-3H3,(H2,9,10). The van der Waals surface area contributed by atoms with Crippen molar-refractivity contribution in [3.8, 4) is 0 Å². The van der Waals surface area contributed by atoms with Gasteiger partial charge >= 0.3 is 0 Å². The zero-order valence-corrected chi connectivity index (χ0v) is 7.91. The molecule has 12 heavy (non-hydrogen) atoms. The van der Waals surface area contributed by atoms with E-state index in [9.17, 15) is 0 Å². The molecule has 1 heterocycles. The summed E-state index contributed by atoms with van der Waals surface area (Å²) in [5.74, 6) is 0.605. The molecule has 0 radical (unpaired) electrons. The first kappa shape index (κ1) is 9.06. The van der Waals surface area contributed by atoms with Gasteiger partial charge in [-0.2, -0.15) is 5.10 Å². The van der Waals surface area contributed by atoms with Gasteiger partial charge in [0.2, 0.25) is 0 Å². The molecule has 0 atom stereocenters. The van der Waals surface area contributed by atoms with Crippen LogP contribution in [0.1, 0.15) is 12.6 Å². The van der Waals surface area contributed by atoms with E-state index in [1.165, 1.54) is 5.69 Å². The Balaban J connectivity index is 2.81. The fourth-order valence-corrected chi connectivity index (χ4v) is 1.20. The maximum atomic E-state index is 5.58. The molecule has 0 aliphatic heterocycles. The highest BCUT2D eigenvalue weighted by Gasteiger charge is 2.04. The van der Waals surface area contributed by atoms with E-state index in [4.69, 9.17) is 5.73 Å². The van der Waals surface area contributed by atoms with Crippen molar-refractivity contribution in [3.05, 3.63) is 11.8 Å². The van der Waals surface area contributed by atoms with Crippen molar-refractivity contribution in [3.63, 3.8) is 0 Å². The van der Waals surface area contributed by atoms with Gasteiger partial charge in [-0.3, -0.25) is 4.68 Å². The lowest BCUT2D eigenvalue weighted by atomic mass is 10.4. The summed E-state index contributed by atoms with van der Waals surface area (Å²) < 4.78 is 1.93. The van der Waals surface area contributed by atoms with E-state index in [1.807, 2.05) is 24.8 Å². The number of hydrogen-bond donors (Lipinski definition) is 1. The number of nitrogen functional groups attached to an aromatic ring is 1. The van der Waals surface area contributed by atoms with Gasteiger partial charge in [0.05, 0.1) is 5.69 Å². The quantitative estimate of drug-likeness (QED) is 0.717. The molecule has 0 aliphatic carbocycles. The van der Waals surface area contributed by atoms with Gasteiger partial charge in [0.15, 0.2) is 0 Å². The van der Waals surface area contributed by atoms with Gasteiger partial charge in [0.25, 0.3) is 0 Å². The highest BCUT2D eigenvalue weighted by molar-refractivity contribution is 5.29. The number of nitrogens with two attached hydrogens (primary N) is 1. The van der Waals surface area contributed by atoms with E-state index in [0.717, 1.165) is 13.1 Å². The van der Waals surface area contributed by atoms with Crippen molar-refractivity contribution in [2.75, 3.05) is 19.8 Å². The molecule has 0 saturated heterocycles. The van der Waals surface area contributed by atoms with Crippen molar-refractivity contribution in [2.45, 2.75) is 20.0 Å². The van der Waals surface area contributed by atoms with Crippen LogP contribution in [0.3, 0.4) is 0 Å². The van der Waals surface area contributed by atoms with Crippen LogP contribution in [0.2, 0.25) is 0 Å². The van der Waals surface area contributed by atoms with Gasteiger partial charge in [-0.25, -0.2) is 0 Å². The van der Waals surface area contributed by atoms with Crippen LogP contribution in [-0.2, 0) is 13.1 Å². The monoisotopic (exact) mass is 168 g/mol. The molecule has 4 heteroatoms. The third-order valence-corrected chi connectivity index (χ3v) is 1.66. The molecule has 0 spiro atoms. The molecule has 0 fully saturated rings. The smallest absolute Gasteiger partial charge is 0.145 e. The lowest BCUT2D eigenvalue weighted by Crippen LogP contribution is -2.14. The molecular formula is C8H16N4. The number of anilines is 1. The van der Waals surface area contributed by atoms with Crippen LogP contribution in [0, 0.1) is 0 Å². The van der Waals surface area contributed by atoms with Crippen LogP contribution in [0.25, 0.3) is 0 Å². The van der Waals surface area contributed by atoms with Gasteiger partial charge in [-0.1, -0.05) is 0 Å². The molecule has 0 aromatic carbocycles. The lowest BCUT2D eigenvalue weighted by Gasteiger charge is -2.09. The summed E-state index contributed by atoms with van der Waals surface area (Å²) >= 11 is 0. The maximum Gasteiger partial charge on any atom is 0.145 e. The summed E-state index contributed by atoms with van der Waals surface area (Å²) in [6.45, 7) is 3.82. The molecule has 1 rings (SSSR count). The molecular weight excluding hydrogens is 152 g/mol. The minimum absolute atomic E-state index is 0.605. The maximum absolute atomic E-state index is 5.58. The Bertz CT molecular complexity index is 252. The van der Waals surface area contributed by atoms with E-state index in [1.54, 1.807) is 0 Å². The fraction of sp³-hybridized carbons (Fsp3) is 0.625. The Morgan fingerprint density at radius 3 is 2.75 bits per heavy atom. The Morgan fingerprint density at radius 1 is 1.58 bits per heavy atom. The first-order chi connectivity index (χ1) is 5.63. The van der Waals surface area contributed by atoms with E-state index in [2.05, 4.69) is 16.9 Å². The Labute approximate surface area is 73.0 Å². The van der Waals surface area contributed by atoms with Gasteiger partial charge in [0.1, 0.15) is 5.82 Å². The first-order valence-electron chi connectivity index (χ1n) is 4.10. The SMILES string of the molecule is CCn1nc(N)cc1CN(C)C. The molecule has 0 amide bonds. The van der Waals surface area contributed by atoms with Crippen LogP contribution in [0.5, 0.6) is 0 Å². The number of aromatic nitrogens is 2. The van der Waals surface area contributed by atoms with E-state index >= 15 is 0 Å². The molecule has 0 bridgehead atoms. The highest BCUT2D eigenvalue weighted by atomic mass is 15.3. The summed E-state index contributed by atoms with van der Waals surface area (Å²) in [4.78, 5) is 2.10. The second kappa shape index (κ2) is 3.58. The molecule has 0 unspecified atom stereocenters. The lowest BCUT2D eigenvalue weighted by molar-refractivity contribution is 0.383. The molecule has 0 saturated carbocycles. The zero-order chi connectivity index (χ0) is 9.14. The fourth-order valence-electron chi connectivity index (χ4n) is 1.20. The number of nitrogens with zero attached hydrogens (tertiary/aromatic N) is 3. The van der Waals surface area contributed by atoms with Crippen molar-refractivity contribution in [1.29, 1.82) is 0 Å². The van der Waals surface area contributed by atoms with Crippen LogP contribution in [0.15, 0.2) is 6.07 Å². The topological polar surface area (TPSA) is 47.1 Å². The van der Waals surface area contributed by atoms with Gasteiger partial charge in [-0.05, 0) is 21.0 Å². The molecule has 68 valence electrons. The van der Waals surface area contributed by atoms with Crippen LogP contribution >= 0.6 is 0 Å². The van der Waals surface area contributed by atoms with E-state index in [-0.39, 0.29) is 0 Å². The number of hydrogen-bond acceptors (Lipinski definition) is 3. The largest absolute Gasteiger partial charge is 0.382 e. The highest BCUT2D eigenvalue weighted by Crippen LogP contribution is 2.07. The first-order valence-corrected chi connectivity index (χ1v) is 4.10. The Morgan fingerprint density at radius 2 is 2.25 bits per heavy atom. The summed E-state index contributed by atoms with van der Waals surface area (Å²) in [6.07, 6.45) is 0. The van der Waals surface area contributed by atoms with Crippen molar-refractivity contribution in [1.82, 2.24) is 14.7 Å². The zero-order valence-electron chi connectivity index (χ0n) is 7.91. The van der Waals surface area contributed by atoms with Crippen LogP contribution in [-0.4, -0.2) is 28.8 Å². The third kappa shape index (κ3) is 1.98. The second-order valence-corrected chi connectivity index (χ2v) is 3.11. The number of rotatable bonds is 3. The molecule has 4 nitrogen and oxygen atoms in total. The minimum atomic E-state index is 0.605. The summed E-state index contributed by atoms with van der Waals surface area (Å²) in [5, 5.41) is 4.15. The predicted molar refractivity (Wildman–Crippen MR) is 49.7 cm³/mol. The van der Waals surface area contributed by atoms with Crippen molar-refractivity contribution < 1.29 is 0 Å². The number of aryl methyl sites for hydroxylation is 1. The van der Waals surface area contributed by atoms with Crippen LogP contribution < -0.4 is 5.73 Å². The molecule has 2 N–H and O–H groups in total. The van der Waals surface area contributed by atoms with Crippen molar-refractivity contribution >= 4 is 5.82 Å². The normalized spacial score (nSPS) is 11.0. The molecule has 0 aliphatic rings. The van der Waals surface area contributed by atoms with Gasteiger partial charge in [-0.15, -0.1) is 0 Å². The molecule has 1 aromatic heterocycles. The summed E-state index contributed by atoms with van der Waals surface area (Å²) in [5.41, 5.74) is 6.75. The van der Waals surface area contributed by atoms with Crippen LogP contribution in [0.4, 0.5) is 5.82 Å². The predicted octanol–water partition coefficient (Wildman–Crippen LogP) is 0.547. The van der Waals surface area contributed by atoms with Gasteiger partial charge in [0, 0.05) is 19.2 Å². The third-order valence-electron chi connectivity index (χ3n) is 1.66. The molecule has 1 aromatic rings. The Kier molecular flexibility index (Phi) is 2.70. The van der Waals surface area contributed by atoms with Gasteiger partial charge < -0.3 is 10.6 Å². The Hall–Kier alpha value is -1.03. The minimum Gasteiger partial charge on any atom is -0.382 e. The summed E-state index contributed by atoms with van der Waals surface area (Å²) in [7, 11) is 4.06. The summed E-state index contributed by atoms with van der Waals surface area (Å²) in [6, 6.07) is 1.92. The second-order valence-electron chi connectivity index (χ2n) is 3.11. The average molecular weight is 168 g/mol. The van der Waals surface area contributed by atoms with Crippen molar-refractivity contribution in [2.24, 2.45) is 0 Å². The van der Waals surface area contributed by atoms with E-state index < -0.39 is 0 Å².